The molecule has 0 fully saturated rings. The second kappa shape index (κ2) is 11.5. The molecule has 8 bridgehead atoms. The highest BCUT2D eigenvalue weighted by atomic mass is 32.1. The Morgan fingerprint density at radius 3 is 1.62 bits per heavy atom. The normalized spacial score (nSPS) is 19.2. The van der Waals surface area contributed by atoms with E-state index < -0.39 is 24.4 Å². The first-order valence-corrected chi connectivity index (χ1v) is 14.5. The lowest BCUT2D eigenvalue weighted by molar-refractivity contribution is 0.0254. The molecule has 0 aliphatic carbocycles. The minimum atomic E-state index is -1.36. The van der Waals surface area contributed by atoms with Crippen LogP contribution in [0, 0.1) is 0 Å². The zero-order valence-electron chi connectivity index (χ0n) is 23.8. The number of fused-ring (bicyclic) bond motifs is 8. The smallest absolute Gasteiger partial charge is 0.128 e. The minimum absolute atomic E-state index is 0.262. The van der Waals surface area contributed by atoms with Gasteiger partial charge in [-0.3, -0.25) is 9.97 Å². The highest BCUT2D eigenvalue weighted by Gasteiger charge is 2.34. The molecule has 45 heavy (non-hydrogen) atoms. The fourth-order valence-corrected chi connectivity index (χ4v) is 5.91. The zero-order valence-corrected chi connectivity index (χ0v) is 24.7. The number of aliphatic imine (C=N–C) groups is 1. The molecule has 2 aliphatic rings. The Morgan fingerprint density at radius 2 is 1.16 bits per heavy atom. The van der Waals surface area contributed by atoms with Gasteiger partial charge in [-0.1, -0.05) is 24.3 Å². The van der Waals surface area contributed by atoms with Gasteiger partial charge in [0.15, 0.2) is 0 Å². The number of hydrogen-bond acceptors (Lipinski definition) is 9. The van der Waals surface area contributed by atoms with Gasteiger partial charge in [0.1, 0.15) is 30.2 Å². The number of aromatic amines is 2. The molecule has 224 valence electrons. The van der Waals surface area contributed by atoms with Crippen LogP contribution in [-0.4, -0.2) is 52.6 Å². The van der Waals surface area contributed by atoms with E-state index in [4.69, 9.17) is 21.9 Å². The molecule has 0 saturated carbocycles. The van der Waals surface area contributed by atoms with Crippen molar-refractivity contribution in [3.05, 3.63) is 108 Å². The van der Waals surface area contributed by atoms with Gasteiger partial charge in [-0.2, -0.15) is 4.99 Å². The summed E-state index contributed by atoms with van der Waals surface area (Å²) in [6.45, 7) is 0. The van der Waals surface area contributed by atoms with Crippen molar-refractivity contribution in [2.24, 2.45) is 4.99 Å². The fourth-order valence-electron chi connectivity index (χ4n) is 5.81. The number of H-pyrrole nitrogens is 2. The number of nitrogens with zero attached hydrogens (tertiary/aromatic N) is 3. The number of isothiocyanates is 1. The highest BCUT2D eigenvalue weighted by molar-refractivity contribution is 7.78. The van der Waals surface area contributed by atoms with Crippen molar-refractivity contribution < 1.29 is 25.2 Å². The quantitative estimate of drug-likeness (QED) is 0.107. The van der Waals surface area contributed by atoms with Crippen LogP contribution < -0.4 is 4.74 Å². The van der Waals surface area contributed by atoms with Crippen LogP contribution in [0.2, 0.25) is 0 Å². The van der Waals surface area contributed by atoms with E-state index in [0.29, 0.717) is 61.6 Å². The molecule has 0 spiro atoms. The Bertz CT molecular complexity index is 2140. The van der Waals surface area contributed by atoms with Crippen LogP contribution in [0.5, 0.6) is 5.75 Å². The Hall–Kier alpha value is -5.00. The Balaban J connectivity index is 1.63. The van der Waals surface area contributed by atoms with E-state index in [2.05, 4.69) is 25.1 Å². The summed E-state index contributed by atoms with van der Waals surface area (Å²) in [7, 11) is 1.58. The lowest BCUT2D eigenvalue weighted by Gasteiger charge is -2.13. The first-order valence-electron chi connectivity index (χ1n) is 14.1. The second-order valence-electron chi connectivity index (χ2n) is 10.8. The summed E-state index contributed by atoms with van der Waals surface area (Å²) in [5.74, 6) is 0.657. The predicted octanol–water partition coefficient (Wildman–Crippen LogP) is 5.93. The summed E-state index contributed by atoms with van der Waals surface area (Å²) in [5.41, 5.74) is 6.70. The van der Waals surface area contributed by atoms with Crippen molar-refractivity contribution in [2.75, 3.05) is 7.11 Å². The molecule has 3 aromatic heterocycles. The van der Waals surface area contributed by atoms with Crippen LogP contribution in [0.25, 0.3) is 44.3 Å². The van der Waals surface area contributed by atoms with Crippen LogP contribution in [0.1, 0.15) is 47.2 Å². The fraction of sp³-hybridized carbons (Fsp3) is 0.147. The summed E-state index contributed by atoms with van der Waals surface area (Å²) in [5, 5.41) is 47.2. The van der Waals surface area contributed by atoms with Gasteiger partial charge in [-0.05, 0) is 84.0 Å². The molecule has 2 unspecified atom stereocenters. The van der Waals surface area contributed by atoms with E-state index in [0.717, 1.165) is 5.56 Å². The van der Waals surface area contributed by atoms with Crippen molar-refractivity contribution in [1.29, 1.82) is 0 Å². The molecule has 5 aromatic rings. The summed E-state index contributed by atoms with van der Waals surface area (Å²) in [6, 6.07) is 25.1. The van der Waals surface area contributed by atoms with E-state index in [-0.39, 0.29) is 11.4 Å². The summed E-state index contributed by atoms with van der Waals surface area (Å²) >= 11 is 4.75. The monoisotopic (exact) mass is 617 g/mol. The van der Waals surface area contributed by atoms with Crippen LogP contribution in [0.3, 0.4) is 0 Å². The maximum absolute atomic E-state index is 11.6. The van der Waals surface area contributed by atoms with Crippen molar-refractivity contribution in [3.63, 3.8) is 0 Å². The summed E-state index contributed by atoms with van der Waals surface area (Å²) in [4.78, 5) is 20.2. The van der Waals surface area contributed by atoms with Crippen LogP contribution in [0.15, 0.2) is 89.9 Å². The standard InChI is InChI=1S/C34H27N5O5S/c1-44-22-10-4-18(5-11-22)28-24-13-9-21(37-24)15-26-32(41)31(40)25(38-26)14-20-8-12-23(36-20)27(29-33(42)34(43)30(28)39-29)17-2-6-19(7-3-17)35-16-45/h2-15,31-34,36-37,40-43H,1H3/t31?,32?,33-,34+/m0/s1. The van der Waals surface area contributed by atoms with E-state index >= 15 is 0 Å². The minimum Gasteiger partial charge on any atom is -0.497 e. The summed E-state index contributed by atoms with van der Waals surface area (Å²) < 4.78 is 5.36. The number of rotatable bonds is 4. The van der Waals surface area contributed by atoms with Gasteiger partial charge in [-0.15, -0.1) is 0 Å². The number of nitrogens with one attached hydrogen (secondary N) is 2. The highest BCUT2D eigenvalue weighted by Crippen LogP contribution is 2.44. The Kier molecular flexibility index (Phi) is 7.34. The van der Waals surface area contributed by atoms with Gasteiger partial charge in [-0.25, -0.2) is 0 Å². The molecular weight excluding hydrogens is 590 g/mol. The van der Waals surface area contributed by atoms with E-state index in [1.165, 1.54) is 0 Å². The number of aromatic nitrogens is 4. The molecule has 2 aromatic carbocycles. The first-order chi connectivity index (χ1) is 21.8. The number of aliphatic hydroxyl groups excluding tert-OH is 4. The van der Waals surface area contributed by atoms with Crippen molar-refractivity contribution in [1.82, 2.24) is 19.9 Å². The Labute approximate surface area is 262 Å². The first kappa shape index (κ1) is 28.8. The number of aliphatic hydroxyl groups is 4. The molecule has 4 atom stereocenters. The number of ether oxygens (including phenoxy) is 1. The van der Waals surface area contributed by atoms with Crippen LogP contribution in [0.4, 0.5) is 5.69 Å². The third-order valence-corrected chi connectivity index (χ3v) is 8.14. The molecule has 5 heterocycles. The van der Waals surface area contributed by atoms with Crippen LogP contribution in [-0.2, 0) is 0 Å². The maximum Gasteiger partial charge on any atom is 0.128 e. The SMILES string of the molecule is COc1ccc(-c2c3nc(c(-c4ccc(N=C=S)cc4)c4ccc(cc5nc(cc6ccc2[nH]6)C(O)C5O)[nH]4)[C@H](O)[C@@H]3O)cc1. The third kappa shape index (κ3) is 5.13. The molecule has 11 heteroatoms. The van der Waals surface area contributed by atoms with E-state index in [1.807, 2.05) is 42.5 Å². The molecule has 7 rings (SSSR count). The summed E-state index contributed by atoms with van der Waals surface area (Å²) in [6.07, 6.45) is -5.16. The molecule has 6 N–H and O–H groups in total. The topological polar surface area (TPSA) is 160 Å². The lowest BCUT2D eigenvalue weighted by atomic mass is 9.97. The second-order valence-corrected chi connectivity index (χ2v) is 11.0. The molecule has 10 nitrogen and oxygen atoms in total. The van der Waals surface area contributed by atoms with Gasteiger partial charge in [0.25, 0.3) is 0 Å². The van der Waals surface area contributed by atoms with Crippen molar-refractivity contribution in [2.45, 2.75) is 24.4 Å². The lowest BCUT2D eigenvalue weighted by Crippen LogP contribution is -2.05. The van der Waals surface area contributed by atoms with Gasteiger partial charge in [0.05, 0.1) is 40.7 Å². The number of thiocarbonyl (C=S) groups is 1. The van der Waals surface area contributed by atoms with Crippen molar-refractivity contribution >= 4 is 45.1 Å². The third-order valence-electron chi connectivity index (χ3n) is 8.05. The molecule has 0 radical (unpaired) electrons. The number of hydrogen-bond donors (Lipinski definition) is 6. The van der Waals surface area contributed by atoms with E-state index in [1.54, 1.807) is 49.6 Å². The Morgan fingerprint density at radius 1 is 0.667 bits per heavy atom. The zero-order chi connectivity index (χ0) is 31.2. The van der Waals surface area contributed by atoms with Gasteiger partial charge >= 0.3 is 0 Å². The largest absolute Gasteiger partial charge is 0.497 e. The van der Waals surface area contributed by atoms with E-state index in [9.17, 15) is 20.4 Å². The molecule has 2 aliphatic heterocycles. The maximum atomic E-state index is 11.6. The number of methoxy groups -OCH3 is 1. The van der Waals surface area contributed by atoms with Crippen LogP contribution >= 0.6 is 12.2 Å². The van der Waals surface area contributed by atoms with Gasteiger partial charge < -0.3 is 35.1 Å². The molecular formula is C34H27N5O5S. The average Bonchev–Trinajstić information content (AvgIpc) is 3.82. The van der Waals surface area contributed by atoms with Gasteiger partial charge in [0.2, 0.25) is 0 Å². The predicted molar refractivity (Wildman–Crippen MR) is 173 cm³/mol. The van der Waals surface area contributed by atoms with Crippen molar-refractivity contribution in [3.8, 4) is 28.0 Å². The molecule has 0 saturated heterocycles. The molecule has 0 amide bonds. The average molecular weight is 618 g/mol. The number of benzene rings is 2. The van der Waals surface area contributed by atoms with Gasteiger partial charge in [0, 0.05) is 33.2 Å².